The van der Waals surface area contributed by atoms with Gasteiger partial charge in [0.2, 0.25) is 10.0 Å². The van der Waals surface area contributed by atoms with E-state index in [1.165, 1.54) is 14.2 Å². The van der Waals surface area contributed by atoms with Gasteiger partial charge in [-0.2, -0.15) is 0 Å². The first kappa shape index (κ1) is 20.4. The summed E-state index contributed by atoms with van der Waals surface area (Å²) in [5.74, 6) is -3.08. The topological polar surface area (TPSA) is 90.9 Å². The molecule has 0 aliphatic rings. The van der Waals surface area contributed by atoms with Gasteiger partial charge in [-0.25, -0.2) is 21.9 Å². The molecule has 1 N–H and O–H groups in total. The van der Waals surface area contributed by atoms with Crippen molar-refractivity contribution in [2.24, 2.45) is 0 Å². The fourth-order valence-electron chi connectivity index (χ4n) is 2.26. The molecule has 7 nitrogen and oxygen atoms in total. The molecule has 2 aromatic carbocycles. The Hall–Kier alpha value is -2.88. The number of para-hydroxylation sites is 1. The van der Waals surface area contributed by atoms with Crippen LogP contribution in [0.1, 0.15) is 15.9 Å². The Morgan fingerprint density at radius 2 is 1.78 bits per heavy atom. The molecule has 0 saturated heterocycles. The Bertz CT molecular complexity index is 962. The van der Waals surface area contributed by atoms with Gasteiger partial charge in [-0.1, -0.05) is 12.1 Å². The van der Waals surface area contributed by atoms with Crippen molar-refractivity contribution in [1.29, 1.82) is 0 Å². The number of carbonyl (C=O) groups is 1. The van der Waals surface area contributed by atoms with Gasteiger partial charge in [-0.05, 0) is 12.1 Å². The monoisotopic (exact) mass is 401 g/mol. The van der Waals surface area contributed by atoms with E-state index in [0.29, 0.717) is 29.2 Å². The van der Waals surface area contributed by atoms with Gasteiger partial charge in [0.05, 0.1) is 26.0 Å². The average Bonchev–Trinajstić information content (AvgIpc) is 2.59. The summed E-state index contributed by atoms with van der Waals surface area (Å²) >= 11 is 0. The highest BCUT2D eigenvalue weighted by Gasteiger charge is 2.20. The number of rotatable bonds is 7. The van der Waals surface area contributed by atoms with Crippen LogP contribution in [0.5, 0.6) is 17.2 Å². The van der Waals surface area contributed by atoms with Crippen LogP contribution in [0.3, 0.4) is 0 Å². The summed E-state index contributed by atoms with van der Waals surface area (Å²) < 4.78 is 67.6. The molecule has 0 fully saturated rings. The maximum atomic E-state index is 14.2. The number of amides is 1. The van der Waals surface area contributed by atoms with Crippen molar-refractivity contribution in [3.05, 3.63) is 53.1 Å². The molecule has 0 heterocycles. The molecule has 0 aliphatic carbocycles. The molecular formula is C17H17F2NO6S. The van der Waals surface area contributed by atoms with Gasteiger partial charge in [0.15, 0.2) is 23.1 Å². The van der Waals surface area contributed by atoms with Gasteiger partial charge < -0.3 is 14.2 Å². The molecule has 0 aromatic heterocycles. The van der Waals surface area contributed by atoms with Crippen molar-refractivity contribution in [2.45, 2.75) is 6.61 Å². The van der Waals surface area contributed by atoms with Gasteiger partial charge in [0.25, 0.3) is 5.91 Å². The Morgan fingerprint density at radius 1 is 1.07 bits per heavy atom. The van der Waals surface area contributed by atoms with E-state index in [-0.39, 0.29) is 6.61 Å². The van der Waals surface area contributed by atoms with Crippen LogP contribution in [-0.2, 0) is 16.6 Å². The lowest BCUT2D eigenvalue weighted by molar-refractivity contribution is 0.0977. The number of carbonyl (C=O) groups excluding carboxylic acids is 1. The molecule has 146 valence electrons. The van der Waals surface area contributed by atoms with Crippen molar-refractivity contribution >= 4 is 15.9 Å². The maximum Gasteiger partial charge on any atom is 0.267 e. The SMILES string of the molecule is COc1cccc(COc2cc(F)c(C(=O)NS(C)(=O)=O)cc2F)c1OC. The molecule has 0 bridgehead atoms. The van der Waals surface area contributed by atoms with E-state index in [0.717, 1.165) is 6.26 Å². The molecule has 0 saturated carbocycles. The van der Waals surface area contributed by atoms with Crippen molar-refractivity contribution in [2.75, 3.05) is 20.5 Å². The molecule has 0 radical (unpaired) electrons. The number of halogens is 2. The number of ether oxygens (including phenoxy) is 3. The van der Waals surface area contributed by atoms with Crippen LogP contribution in [0.25, 0.3) is 0 Å². The largest absolute Gasteiger partial charge is 0.493 e. The summed E-state index contributed by atoms with van der Waals surface area (Å²) in [5.41, 5.74) is -0.236. The van der Waals surface area contributed by atoms with E-state index in [1.54, 1.807) is 22.9 Å². The Kier molecular flexibility index (Phi) is 6.21. The zero-order valence-electron chi connectivity index (χ0n) is 14.7. The predicted molar refractivity (Wildman–Crippen MR) is 92.5 cm³/mol. The van der Waals surface area contributed by atoms with Gasteiger partial charge >= 0.3 is 0 Å². The lowest BCUT2D eigenvalue weighted by atomic mass is 10.1. The Labute approximate surface area is 154 Å². The summed E-state index contributed by atoms with van der Waals surface area (Å²) in [4.78, 5) is 11.7. The first-order chi connectivity index (χ1) is 12.7. The third kappa shape index (κ3) is 5.07. The maximum absolute atomic E-state index is 14.2. The summed E-state index contributed by atoms with van der Waals surface area (Å²) in [6.45, 7) is -0.161. The molecule has 10 heteroatoms. The number of sulfonamides is 1. The van der Waals surface area contributed by atoms with E-state index in [4.69, 9.17) is 14.2 Å². The van der Waals surface area contributed by atoms with Crippen LogP contribution in [0.15, 0.2) is 30.3 Å². The second-order valence-electron chi connectivity index (χ2n) is 5.41. The summed E-state index contributed by atoms with van der Waals surface area (Å²) in [6.07, 6.45) is 0.720. The lowest BCUT2D eigenvalue weighted by Crippen LogP contribution is -2.30. The van der Waals surface area contributed by atoms with Crippen LogP contribution in [0, 0.1) is 11.6 Å². The fourth-order valence-corrected chi connectivity index (χ4v) is 2.71. The molecular weight excluding hydrogens is 384 g/mol. The summed E-state index contributed by atoms with van der Waals surface area (Å²) in [5, 5.41) is 0. The zero-order valence-corrected chi connectivity index (χ0v) is 15.5. The third-order valence-electron chi connectivity index (χ3n) is 3.41. The van der Waals surface area contributed by atoms with Crippen molar-refractivity contribution < 1.29 is 36.2 Å². The highest BCUT2D eigenvalue weighted by molar-refractivity contribution is 7.89. The second-order valence-corrected chi connectivity index (χ2v) is 7.16. The fraction of sp³-hybridized carbons (Fsp3) is 0.235. The molecule has 0 atom stereocenters. The van der Waals surface area contributed by atoms with E-state index < -0.39 is 38.9 Å². The number of hydrogen-bond donors (Lipinski definition) is 1. The first-order valence-corrected chi connectivity index (χ1v) is 9.39. The number of benzene rings is 2. The lowest BCUT2D eigenvalue weighted by Gasteiger charge is -2.14. The molecule has 0 unspecified atom stereocenters. The van der Waals surface area contributed by atoms with E-state index in [2.05, 4.69) is 0 Å². The van der Waals surface area contributed by atoms with Crippen LogP contribution >= 0.6 is 0 Å². The van der Waals surface area contributed by atoms with Crippen molar-refractivity contribution in [3.63, 3.8) is 0 Å². The molecule has 0 spiro atoms. The number of hydrogen-bond acceptors (Lipinski definition) is 6. The highest BCUT2D eigenvalue weighted by atomic mass is 32.2. The number of methoxy groups -OCH3 is 2. The highest BCUT2D eigenvalue weighted by Crippen LogP contribution is 2.32. The molecule has 27 heavy (non-hydrogen) atoms. The second kappa shape index (κ2) is 8.21. The molecule has 1 amide bonds. The van der Waals surface area contributed by atoms with Gasteiger partial charge in [-0.15, -0.1) is 0 Å². The smallest absolute Gasteiger partial charge is 0.267 e. The van der Waals surface area contributed by atoms with Gasteiger partial charge in [0.1, 0.15) is 12.4 Å². The van der Waals surface area contributed by atoms with E-state index in [9.17, 15) is 22.0 Å². The predicted octanol–water partition coefficient (Wildman–Crippen LogP) is 2.25. The summed E-state index contributed by atoms with van der Waals surface area (Å²) in [6, 6.07) is 6.23. The van der Waals surface area contributed by atoms with Crippen molar-refractivity contribution in [3.8, 4) is 17.2 Å². The van der Waals surface area contributed by atoms with Crippen LogP contribution in [-0.4, -0.2) is 34.8 Å². The van der Waals surface area contributed by atoms with Gasteiger partial charge in [0, 0.05) is 11.6 Å². The number of nitrogens with one attached hydrogen (secondary N) is 1. The van der Waals surface area contributed by atoms with E-state index in [1.807, 2.05) is 0 Å². The Balaban J connectivity index is 2.24. The van der Waals surface area contributed by atoms with Crippen LogP contribution in [0.2, 0.25) is 0 Å². The minimum Gasteiger partial charge on any atom is -0.493 e. The van der Waals surface area contributed by atoms with Crippen LogP contribution < -0.4 is 18.9 Å². The minimum absolute atomic E-state index is 0.161. The van der Waals surface area contributed by atoms with Gasteiger partial charge in [-0.3, -0.25) is 4.79 Å². The first-order valence-electron chi connectivity index (χ1n) is 7.50. The standard InChI is InChI=1S/C17H17F2NO6S/c1-24-14-6-4-5-10(16(14)25-2)9-26-15-8-12(18)11(7-13(15)19)17(21)20-27(3,22)23/h4-8H,9H2,1-3H3,(H,20,21). The van der Waals surface area contributed by atoms with Crippen LogP contribution in [0.4, 0.5) is 8.78 Å². The zero-order chi connectivity index (χ0) is 20.2. The normalized spacial score (nSPS) is 11.0. The summed E-state index contributed by atoms with van der Waals surface area (Å²) in [7, 11) is -1.03. The molecule has 2 rings (SSSR count). The minimum atomic E-state index is -3.92. The quantitative estimate of drug-likeness (QED) is 0.765. The molecule has 0 aliphatic heterocycles. The Morgan fingerprint density at radius 3 is 2.37 bits per heavy atom. The third-order valence-corrected chi connectivity index (χ3v) is 3.97. The van der Waals surface area contributed by atoms with E-state index >= 15 is 0 Å². The molecule has 2 aromatic rings. The average molecular weight is 401 g/mol. The van der Waals surface area contributed by atoms with Crippen molar-refractivity contribution in [1.82, 2.24) is 4.72 Å².